The average molecular weight is 412 g/mol. The van der Waals surface area contributed by atoms with Gasteiger partial charge in [-0.3, -0.25) is 14.7 Å². The van der Waals surface area contributed by atoms with Crippen LogP contribution in [0.1, 0.15) is 42.1 Å². The van der Waals surface area contributed by atoms with E-state index in [0.717, 1.165) is 35.3 Å². The molecule has 0 saturated heterocycles. The zero-order chi connectivity index (χ0) is 21.4. The molecule has 0 saturated carbocycles. The molecule has 6 heteroatoms. The molecule has 6 nitrogen and oxygen atoms in total. The number of nitrogens with zero attached hydrogens (tertiary/aromatic N) is 4. The fraction of sp³-hybridized carbons (Fsp3) is 0.280. The summed E-state index contributed by atoms with van der Waals surface area (Å²) in [7, 11) is 0. The molecule has 31 heavy (non-hydrogen) atoms. The van der Waals surface area contributed by atoms with Crippen molar-refractivity contribution in [2.75, 3.05) is 6.54 Å². The summed E-state index contributed by atoms with van der Waals surface area (Å²) in [4.78, 5) is 28.8. The van der Waals surface area contributed by atoms with Crippen molar-refractivity contribution in [3.05, 3.63) is 87.8 Å². The van der Waals surface area contributed by atoms with Crippen molar-refractivity contribution in [3.63, 3.8) is 0 Å². The zero-order valence-electron chi connectivity index (χ0n) is 17.7. The number of pyridine rings is 1. The van der Waals surface area contributed by atoms with Crippen LogP contribution in [-0.2, 0) is 19.5 Å². The lowest BCUT2D eigenvalue weighted by atomic mass is 10.0. The molecule has 0 radical (unpaired) electrons. The third-order valence-electron chi connectivity index (χ3n) is 5.86. The standard InChI is InChI=1S/C25H24N4O2/c1-16(2)17-5-6-23-21(10-17)24(30)20(15-31-23)14-29-9-7-22-19(13-29)12-27-25(28-22)18-4-3-8-26-11-18/h3-6,8,10-12,15-16H,7,9,13-14H2,1-2H3. The third-order valence-corrected chi connectivity index (χ3v) is 5.86. The van der Waals surface area contributed by atoms with Crippen molar-refractivity contribution < 1.29 is 4.42 Å². The second-order valence-electron chi connectivity index (χ2n) is 8.37. The Morgan fingerprint density at radius 3 is 2.90 bits per heavy atom. The molecule has 0 amide bonds. The van der Waals surface area contributed by atoms with Crippen LogP contribution in [0.2, 0.25) is 0 Å². The summed E-state index contributed by atoms with van der Waals surface area (Å²) in [6.07, 6.45) is 7.85. The highest BCUT2D eigenvalue weighted by atomic mass is 16.3. The Morgan fingerprint density at radius 1 is 1.19 bits per heavy atom. The van der Waals surface area contributed by atoms with Gasteiger partial charge in [-0.1, -0.05) is 19.9 Å². The van der Waals surface area contributed by atoms with Gasteiger partial charge >= 0.3 is 0 Å². The lowest BCUT2D eigenvalue weighted by Crippen LogP contribution is -2.32. The fourth-order valence-corrected chi connectivity index (χ4v) is 4.04. The molecule has 1 aromatic carbocycles. The van der Waals surface area contributed by atoms with Gasteiger partial charge < -0.3 is 4.42 Å². The van der Waals surface area contributed by atoms with Gasteiger partial charge in [-0.05, 0) is 35.7 Å². The van der Waals surface area contributed by atoms with E-state index in [2.05, 4.69) is 28.7 Å². The van der Waals surface area contributed by atoms with Gasteiger partial charge in [0.05, 0.1) is 17.3 Å². The quantitative estimate of drug-likeness (QED) is 0.497. The van der Waals surface area contributed by atoms with Crippen molar-refractivity contribution in [1.82, 2.24) is 19.9 Å². The number of hydrogen-bond acceptors (Lipinski definition) is 6. The van der Waals surface area contributed by atoms with Gasteiger partial charge in [0.15, 0.2) is 11.3 Å². The van der Waals surface area contributed by atoms with E-state index < -0.39 is 0 Å². The Bertz CT molecular complexity index is 1300. The van der Waals surface area contributed by atoms with Crippen LogP contribution in [0, 0.1) is 0 Å². The maximum Gasteiger partial charge on any atom is 0.197 e. The first kappa shape index (κ1) is 19.6. The molecule has 1 aliphatic rings. The van der Waals surface area contributed by atoms with Crippen LogP contribution >= 0.6 is 0 Å². The Hall–Kier alpha value is -3.38. The van der Waals surface area contributed by atoms with Crippen molar-refractivity contribution in [2.24, 2.45) is 0 Å². The van der Waals surface area contributed by atoms with E-state index in [1.54, 1.807) is 18.7 Å². The van der Waals surface area contributed by atoms with Gasteiger partial charge in [-0.25, -0.2) is 9.97 Å². The minimum atomic E-state index is 0.0534. The monoisotopic (exact) mass is 412 g/mol. The van der Waals surface area contributed by atoms with E-state index in [0.29, 0.717) is 41.4 Å². The molecule has 0 unspecified atom stereocenters. The summed E-state index contributed by atoms with van der Waals surface area (Å²) in [5.41, 5.74) is 5.61. The second kappa shape index (κ2) is 8.04. The molecule has 4 aromatic rings. The van der Waals surface area contributed by atoms with Gasteiger partial charge in [0.25, 0.3) is 0 Å². The van der Waals surface area contributed by atoms with Crippen LogP contribution < -0.4 is 5.43 Å². The van der Waals surface area contributed by atoms with Crippen LogP contribution in [0.25, 0.3) is 22.4 Å². The van der Waals surface area contributed by atoms with Gasteiger partial charge in [-0.2, -0.15) is 0 Å². The molecule has 0 aliphatic carbocycles. The number of aromatic nitrogens is 3. The Morgan fingerprint density at radius 2 is 2.10 bits per heavy atom. The van der Waals surface area contributed by atoms with Crippen LogP contribution in [0.15, 0.2) is 64.4 Å². The predicted octanol–water partition coefficient (Wildman–Crippen LogP) is 4.33. The topological polar surface area (TPSA) is 72.1 Å². The number of hydrogen-bond donors (Lipinski definition) is 0. The van der Waals surface area contributed by atoms with Gasteiger partial charge in [0.2, 0.25) is 0 Å². The highest BCUT2D eigenvalue weighted by Gasteiger charge is 2.20. The van der Waals surface area contributed by atoms with Gasteiger partial charge in [0, 0.05) is 61.3 Å². The minimum Gasteiger partial charge on any atom is -0.464 e. The predicted molar refractivity (Wildman–Crippen MR) is 120 cm³/mol. The zero-order valence-corrected chi connectivity index (χ0v) is 17.7. The Kier molecular flexibility index (Phi) is 5.08. The van der Waals surface area contributed by atoms with Crippen LogP contribution in [0.5, 0.6) is 0 Å². The maximum atomic E-state index is 13.1. The summed E-state index contributed by atoms with van der Waals surface area (Å²) in [6.45, 7) is 6.35. The summed E-state index contributed by atoms with van der Waals surface area (Å²) in [5, 5.41) is 0.658. The molecule has 0 atom stereocenters. The smallest absolute Gasteiger partial charge is 0.197 e. The van der Waals surface area contributed by atoms with Crippen LogP contribution in [0.3, 0.4) is 0 Å². The van der Waals surface area contributed by atoms with E-state index in [4.69, 9.17) is 9.40 Å². The molecule has 0 bridgehead atoms. The fourth-order valence-electron chi connectivity index (χ4n) is 4.04. The molecular weight excluding hydrogens is 388 g/mol. The Balaban J connectivity index is 1.38. The highest BCUT2D eigenvalue weighted by molar-refractivity contribution is 5.77. The Labute approximate surface area is 180 Å². The number of rotatable bonds is 4. The number of benzene rings is 1. The van der Waals surface area contributed by atoms with Gasteiger partial charge in [-0.15, -0.1) is 0 Å². The molecule has 0 N–H and O–H groups in total. The molecule has 3 aromatic heterocycles. The average Bonchev–Trinajstić information content (AvgIpc) is 2.81. The summed E-state index contributed by atoms with van der Waals surface area (Å²) in [6, 6.07) is 9.74. The molecule has 1 aliphatic heterocycles. The van der Waals surface area contributed by atoms with Crippen LogP contribution in [0.4, 0.5) is 0 Å². The lowest BCUT2D eigenvalue weighted by molar-refractivity contribution is 0.240. The largest absolute Gasteiger partial charge is 0.464 e. The SMILES string of the molecule is CC(C)c1ccc2occ(CN3CCc4nc(-c5cccnc5)ncc4C3)c(=O)c2c1. The first-order valence-corrected chi connectivity index (χ1v) is 10.6. The highest BCUT2D eigenvalue weighted by Crippen LogP contribution is 2.23. The van der Waals surface area contributed by atoms with Crippen LogP contribution in [-0.4, -0.2) is 26.4 Å². The first-order valence-electron chi connectivity index (χ1n) is 10.6. The van der Waals surface area contributed by atoms with Crippen molar-refractivity contribution in [3.8, 4) is 11.4 Å². The van der Waals surface area contributed by atoms with Crippen molar-refractivity contribution >= 4 is 11.0 Å². The normalized spacial score (nSPS) is 14.2. The van der Waals surface area contributed by atoms with E-state index in [1.807, 2.05) is 36.5 Å². The second-order valence-corrected chi connectivity index (χ2v) is 8.37. The number of fused-ring (bicyclic) bond motifs is 2. The van der Waals surface area contributed by atoms with E-state index in [-0.39, 0.29) is 5.43 Å². The first-order chi connectivity index (χ1) is 15.1. The minimum absolute atomic E-state index is 0.0534. The van der Waals surface area contributed by atoms with E-state index >= 15 is 0 Å². The van der Waals surface area contributed by atoms with Crippen molar-refractivity contribution in [1.29, 1.82) is 0 Å². The lowest BCUT2D eigenvalue weighted by Gasteiger charge is -2.27. The third kappa shape index (κ3) is 3.86. The molecule has 5 rings (SSSR count). The van der Waals surface area contributed by atoms with Gasteiger partial charge in [0.1, 0.15) is 5.58 Å². The van der Waals surface area contributed by atoms with Crippen molar-refractivity contribution in [2.45, 2.75) is 39.3 Å². The molecule has 156 valence electrons. The molecule has 4 heterocycles. The van der Waals surface area contributed by atoms with E-state index in [9.17, 15) is 4.79 Å². The molecule has 0 spiro atoms. The summed E-state index contributed by atoms with van der Waals surface area (Å²) < 4.78 is 5.78. The van der Waals surface area contributed by atoms with E-state index in [1.165, 1.54) is 0 Å². The maximum absolute atomic E-state index is 13.1. The molecular formula is C25H24N4O2. The molecule has 0 fully saturated rings. The summed E-state index contributed by atoms with van der Waals surface area (Å²) >= 11 is 0. The summed E-state index contributed by atoms with van der Waals surface area (Å²) in [5.74, 6) is 1.07.